The summed E-state index contributed by atoms with van der Waals surface area (Å²) >= 11 is 0. The van der Waals surface area contributed by atoms with Gasteiger partial charge in [-0.15, -0.1) is 13.2 Å². The Bertz CT molecular complexity index is 1450. The maximum Gasteiger partial charge on any atom is 0.573 e. The van der Waals surface area contributed by atoms with Gasteiger partial charge in [0.25, 0.3) is 11.8 Å². The monoisotopic (exact) mass is 556 g/mol. The first-order valence-corrected chi connectivity index (χ1v) is 11.8. The molecule has 1 atom stereocenters. The maximum atomic E-state index is 14.5. The van der Waals surface area contributed by atoms with Crippen LogP contribution in [0, 0.1) is 11.3 Å². The minimum Gasteiger partial charge on any atom is -0.406 e. The molecule has 0 spiro atoms. The average molecular weight is 556 g/mol. The van der Waals surface area contributed by atoms with Crippen LogP contribution in [-0.4, -0.2) is 47.1 Å². The molecular weight excluding hydrogens is 535 g/mol. The van der Waals surface area contributed by atoms with Gasteiger partial charge in [0.2, 0.25) is 5.91 Å². The second-order valence-electron chi connectivity index (χ2n) is 8.95. The van der Waals surface area contributed by atoms with Crippen LogP contribution in [0.25, 0.3) is 12.2 Å². The summed E-state index contributed by atoms with van der Waals surface area (Å²) in [5.74, 6) is -5.24. The summed E-state index contributed by atoms with van der Waals surface area (Å²) in [4.78, 5) is 30.7. The van der Waals surface area contributed by atoms with Gasteiger partial charge in [0.1, 0.15) is 5.75 Å². The van der Waals surface area contributed by atoms with E-state index in [4.69, 9.17) is 0 Å². The molecule has 7 nitrogen and oxygen atoms in total. The smallest absolute Gasteiger partial charge is 0.406 e. The number of rotatable bonds is 7. The van der Waals surface area contributed by atoms with E-state index in [1.165, 1.54) is 54.9 Å². The summed E-state index contributed by atoms with van der Waals surface area (Å²) in [6.45, 7) is -1.61. The minimum absolute atomic E-state index is 0.109. The lowest BCUT2D eigenvalue weighted by Crippen LogP contribution is -2.48. The van der Waals surface area contributed by atoms with Gasteiger partial charge < -0.3 is 15.0 Å². The van der Waals surface area contributed by atoms with Crippen LogP contribution in [-0.2, 0) is 10.3 Å². The number of nitrogens with one attached hydrogen (secondary N) is 1. The number of carbonyl (C=O) groups excluding carboxylic acids is 2. The fourth-order valence-corrected chi connectivity index (χ4v) is 4.39. The molecule has 1 fully saturated rings. The second kappa shape index (κ2) is 11.1. The Hall–Kier alpha value is -4.79. The summed E-state index contributed by atoms with van der Waals surface area (Å²) in [5.41, 5.74) is -0.709. The molecule has 2 amide bonds. The fraction of sp³-hybridized carbons (Fsp3) is 0.214. The third kappa shape index (κ3) is 6.43. The number of benzene rings is 2. The van der Waals surface area contributed by atoms with Crippen LogP contribution in [0.4, 0.5) is 22.0 Å². The molecule has 40 heavy (non-hydrogen) atoms. The largest absolute Gasteiger partial charge is 0.573 e. The van der Waals surface area contributed by atoms with Crippen LogP contribution in [0.5, 0.6) is 5.75 Å². The van der Waals surface area contributed by atoms with E-state index in [-0.39, 0.29) is 16.9 Å². The molecule has 0 saturated carbocycles. The van der Waals surface area contributed by atoms with Gasteiger partial charge in [0, 0.05) is 23.5 Å². The number of nitriles is 1. The van der Waals surface area contributed by atoms with Gasteiger partial charge in [0.05, 0.1) is 25.6 Å². The number of pyridine rings is 1. The predicted molar refractivity (Wildman–Crippen MR) is 134 cm³/mol. The van der Waals surface area contributed by atoms with E-state index in [1.807, 2.05) is 6.07 Å². The van der Waals surface area contributed by atoms with Crippen molar-refractivity contribution >= 4 is 24.0 Å². The highest BCUT2D eigenvalue weighted by molar-refractivity contribution is 6.00. The summed E-state index contributed by atoms with van der Waals surface area (Å²) in [6, 6.07) is 16.1. The standard InChI is InChI=1S/C28H21F5N4O3/c29-27(30)16-26(17-34,21-4-2-1-3-5-21)37(18-27)24(38)15-36-25(39)23-12-13-35-14-20(23)9-6-19-7-10-22(11-8-19)40-28(31,32)33/h1-14H,15-16,18H2,(H,36,39). The van der Waals surface area contributed by atoms with Gasteiger partial charge in [0.15, 0.2) is 5.54 Å². The Labute approximate surface area is 225 Å². The molecule has 206 valence electrons. The molecule has 0 aliphatic carbocycles. The highest BCUT2D eigenvalue weighted by Gasteiger charge is 2.58. The second-order valence-corrected chi connectivity index (χ2v) is 8.95. The lowest BCUT2D eigenvalue weighted by Gasteiger charge is -2.32. The van der Waals surface area contributed by atoms with Crippen molar-refractivity contribution in [2.45, 2.75) is 24.2 Å². The quantitative estimate of drug-likeness (QED) is 0.406. The van der Waals surface area contributed by atoms with E-state index in [1.54, 1.807) is 18.2 Å². The number of aromatic nitrogens is 1. The molecule has 12 heteroatoms. The summed E-state index contributed by atoms with van der Waals surface area (Å²) in [7, 11) is 0. The maximum absolute atomic E-state index is 14.5. The van der Waals surface area contributed by atoms with Crippen molar-refractivity contribution in [2.75, 3.05) is 13.1 Å². The summed E-state index contributed by atoms with van der Waals surface area (Å²) < 4.78 is 69.8. The number of nitrogens with zero attached hydrogens (tertiary/aromatic N) is 3. The van der Waals surface area contributed by atoms with E-state index in [9.17, 15) is 36.8 Å². The minimum atomic E-state index is -4.82. The zero-order chi connectivity index (χ0) is 29.0. The molecule has 1 unspecified atom stereocenters. The highest BCUT2D eigenvalue weighted by Crippen LogP contribution is 2.45. The van der Waals surface area contributed by atoms with Crippen molar-refractivity contribution < 1.29 is 36.3 Å². The number of halogens is 5. The molecule has 2 heterocycles. The average Bonchev–Trinajstić information content (AvgIpc) is 3.22. The first-order valence-electron chi connectivity index (χ1n) is 11.8. The molecule has 1 N–H and O–H groups in total. The molecule has 1 saturated heterocycles. The molecule has 0 radical (unpaired) electrons. The molecular formula is C28H21F5N4O3. The van der Waals surface area contributed by atoms with E-state index >= 15 is 0 Å². The fourth-order valence-electron chi connectivity index (χ4n) is 4.39. The predicted octanol–water partition coefficient (Wildman–Crippen LogP) is 5.17. The number of likely N-dealkylation sites (tertiary alicyclic amines) is 1. The van der Waals surface area contributed by atoms with Crippen molar-refractivity contribution in [1.29, 1.82) is 5.26 Å². The Morgan fingerprint density at radius 2 is 1.77 bits per heavy atom. The van der Waals surface area contributed by atoms with Crippen LogP contribution in [0.1, 0.15) is 33.5 Å². The number of ether oxygens (including phenoxy) is 1. The van der Waals surface area contributed by atoms with Crippen molar-refractivity contribution in [2.24, 2.45) is 0 Å². The third-order valence-corrected chi connectivity index (χ3v) is 6.17. The van der Waals surface area contributed by atoms with E-state index in [0.29, 0.717) is 11.1 Å². The van der Waals surface area contributed by atoms with Crippen LogP contribution in [0.2, 0.25) is 0 Å². The van der Waals surface area contributed by atoms with E-state index in [2.05, 4.69) is 15.0 Å². The van der Waals surface area contributed by atoms with Crippen molar-refractivity contribution in [3.05, 3.63) is 95.3 Å². The number of hydrogen-bond acceptors (Lipinski definition) is 5. The van der Waals surface area contributed by atoms with Crippen LogP contribution < -0.4 is 10.1 Å². The number of hydrogen-bond donors (Lipinski definition) is 1. The zero-order valence-corrected chi connectivity index (χ0v) is 20.7. The summed E-state index contributed by atoms with van der Waals surface area (Å²) in [6.07, 6.45) is 0.0526. The van der Waals surface area contributed by atoms with Gasteiger partial charge in [-0.25, -0.2) is 8.78 Å². The number of alkyl halides is 5. The Morgan fingerprint density at radius 3 is 2.42 bits per heavy atom. The van der Waals surface area contributed by atoms with Crippen molar-refractivity contribution in [3.8, 4) is 11.8 Å². The molecule has 0 bridgehead atoms. The molecule has 4 rings (SSSR count). The first kappa shape index (κ1) is 28.2. The number of amides is 2. The number of carbonyl (C=O) groups is 2. The molecule has 3 aromatic rings. The first-order chi connectivity index (χ1) is 18.9. The molecule has 1 aliphatic heterocycles. The van der Waals surface area contributed by atoms with Crippen LogP contribution in [0.3, 0.4) is 0 Å². The zero-order valence-electron chi connectivity index (χ0n) is 20.7. The Balaban J connectivity index is 1.47. The summed E-state index contributed by atoms with van der Waals surface area (Å²) in [5, 5.41) is 12.3. The topological polar surface area (TPSA) is 95.3 Å². The van der Waals surface area contributed by atoms with Gasteiger partial charge in [-0.3, -0.25) is 14.6 Å². The van der Waals surface area contributed by atoms with E-state index < -0.39 is 49.1 Å². The van der Waals surface area contributed by atoms with Crippen LogP contribution >= 0.6 is 0 Å². The lowest BCUT2D eigenvalue weighted by atomic mass is 9.88. The lowest BCUT2D eigenvalue weighted by molar-refractivity contribution is -0.274. The molecule has 1 aromatic heterocycles. The van der Waals surface area contributed by atoms with Gasteiger partial charge in [-0.05, 0) is 29.3 Å². The van der Waals surface area contributed by atoms with Crippen molar-refractivity contribution in [1.82, 2.24) is 15.2 Å². The Morgan fingerprint density at radius 1 is 1.07 bits per heavy atom. The van der Waals surface area contributed by atoms with Crippen molar-refractivity contribution in [3.63, 3.8) is 0 Å². The molecule has 1 aliphatic rings. The van der Waals surface area contributed by atoms with Crippen LogP contribution in [0.15, 0.2) is 73.1 Å². The van der Waals surface area contributed by atoms with Gasteiger partial charge in [-0.1, -0.05) is 54.6 Å². The third-order valence-electron chi connectivity index (χ3n) is 6.17. The highest BCUT2D eigenvalue weighted by atomic mass is 19.4. The van der Waals surface area contributed by atoms with E-state index in [0.717, 1.165) is 17.0 Å². The Kier molecular flexibility index (Phi) is 7.86. The van der Waals surface area contributed by atoms with Gasteiger partial charge in [-0.2, -0.15) is 5.26 Å². The normalized spacial score (nSPS) is 18.4. The molecule has 2 aromatic carbocycles. The van der Waals surface area contributed by atoms with Gasteiger partial charge >= 0.3 is 6.36 Å². The SMILES string of the molecule is N#CC1(c2ccccc2)CC(F)(F)CN1C(=O)CNC(=O)c1ccncc1C=Cc1ccc(OC(F)(F)F)cc1.